The van der Waals surface area contributed by atoms with Gasteiger partial charge in [0.25, 0.3) is 12.0 Å². The summed E-state index contributed by atoms with van der Waals surface area (Å²) in [6, 6.07) is 12.4. The summed E-state index contributed by atoms with van der Waals surface area (Å²) >= 11 is 14.1. The van der Waals surface area contributed by atoms with E-state index in [0.717, 1.165) is 33.1 Å². The van der Waals surface area contributed by atoms with Crippen molar-refractivity contribution < 1.29 is 23.4 Å². The van der Waals surface area contributed by atoms with E-state index in [1.165, 1.54) is 14.1 Å². The first-order valence-electron chi connectivity index (χ1n) is 16.2. The van der Waals surface area contributed by atoms with Crippen LogP contribution in [-0.4, -0.2) is 61.7 Å². The number of hydrogen-bond donors (Lipinski definition) is 3. The van der Waals surface area contributed by atoms with Crippen molar-refractivity contribution in [1.82, 2.24) is 29.4 Å². The van der Waals surface area contributed by atoms with E-state index in [1.54, 1.807) is 31.4 Å². The van der Waals surface area contributed by atoms with Crippen LogP contribution in [0, 0.1) is 0 Å². The van der Waals surface area contributed by atoms with E-state index in [9.17, 15) is 23.5 Å². The van der Waals surface area contributed by atoms with E-state index < -0.39 is 29.6 Å². The van der Waals surface area contributed by atoms with Crippen molar-refractivity contribution in [2.75, 3.05) is 25.6 Å². The second kappa shape index (κ2) is 13.9. The van der Waals surface area contributed by atoms with Crippen LogP contribution in [0.1, 0.15) is 42.3 Å². The molecule has 0 radical (unpaired) electrons. The zero-order chi connectivity index (χ0) is 36.1. The molecule has 3 atom stereocenters. The Bertz CT molecular complexity index is 2300. The molecule has 0 bridgehead atoms. The second-order valence-electron chi connectivity index (χ2n) is 12.5. The van der Waals surface area contributed by atoms with Crippen molar-refractivity contribution in [3.8, 4) is 28.3 Å². The highest BCUT2D eigenvalue weighted by Crippen LogP contribution is 2.44. The highest BCUT2D eigenvalue weighted by molar-refractivity contribution is 6.39. The maximum Gasteiger partial charge on any atom is 0.332 e. The van der Waals surface area contributed by atoms with Gasteiger partial charge < -0.3 is 25.2 Å². The van der Waals surface area contributed by atoms with Crippen LogP contribution in [0.3, 0.4) is 0 Å². The first kappa shape index (κ1) is 35.0. The molecule has 5 aromatic rings. The average molecular weight is 741 g/mol. The third kappa shape index (κ3) is 6.25. The molecule has 0 spiro atoms. The summed E-state index contributed by atoms with van der Waals surface area (Å²) < 4.78 is 40.8. The van der Waals surface area contributed by atoms with Gasteiger partial charge in [-0.2, -0.15) is 0 Å². The lowest BCUT2D eigenvalue weighted by molar-refractivity contribution is -0.0304. The quantitative estimate of drug-likeness (QED) is 0.187. The van der Waals surface area contributed by atoms with Crippen molar-refractivity contribution in [3.05, 3.63) is 90.3 Å². The van der Waals surface area contributed by atoms with Gasteiger partial charge in [0.15, 0.2) is 11.5 Å². The predicted octanol–water partition coefficient (Wildman–Crippen LogP) is 5.48. The Balaban J connectivity index is 1.26. The molecular formula is C35H33Cl2F2N7O5. The van der Waals surface area contributed by atoms with Gasteiger partial charge in [0.1, 0.15) is 11.2 Å². The molecule has 16 heteroatoms. The zero-order valence-electron chi connectivity index (χ0n) is 27.7. The van der Waals surface area contributed by atoms with Crippen LogP contribution in [0.4, 0.5) is 20.3 Å². The van der Waals surface area contributed by atoms with E-state index in [0.29, 0.717) is 52.9 Å². The van der Waals surface area contributed by atoms with Crippen LogP contribution in [0.25, 0.3) is 33.4 Å². The molecule has 266 valence electrons. The lowest BCUT2D eigenvalue weighted by Crippen LogP contribution is -2.47. The van der Waals surface area contributed by atoms with E-state index in [2.05, 4.69) is 20.6 Å². The fourth-order valence-corrected chi connectivity index (χ4v) is 7.41. The first-order chi connectivity index (χ1) is 24.5. The average Bonchev–Trinajstić information content (AvgIpc) is 3.53. The predicted molar refractivity (Wildman–Crippen MR) is 189 cm³/mol. The number of fused-ring (bicyclic) bond motifs is 2. The van der Waals surface area contributed by atoms with Crippen molar-refractivity contribution in [2.45, 2.75) is 43.9 Å². The molecule has 0 unspecified atom stereocenters. The molecule has 1 aliphatic carbocycles. The normalized spacial score (nSPS) is 18.7. The monoisotopic (exact) mass is 739 g/mol. The van der Waals surface area contributed by atoms with Gasteiger partial charge in [0.2, 0.25) is 5.88 Å². The summed E-state index contributed by atoms with van der Waals surface area (Å²) in [5, 5.41) is 17.3. The molecule has 1 saturated heterocycles. The lowest BCUT2D eigenvalue weighted by atomic mass is 9.99. The number of aliphatic hydroxyl groups excluding tert-OH is 1. The van der Waals surface area contributed by atoms with E-state index in [-0.39, 0.29) is 39.6 Å². The number of ether oxygens (including phenoxy) is 2. The van der Waals surface area contributed by atoms with Crippen LogP contribution >= 0.6 is 23.2 Å². The minimum atomic E-state index is -3.08. The van der Waals surface area contributed by atoms with Crippen molar-refractivity contribution in [3.63, 3.8) is 0 Å². The molecule has 12 nitrogen and oxygen atoms in total. The molecule has 2 aliphatic rings. The summed E-state index contributed by atoms with van der Waals surface area (Å²) in [6.07, 6.45) is -1.38. The molecule has 3 N–H and O–H groups in total. The van der Waals surface area contributed by atoms with E-state index >= 15 is 0 Å². The van der Waals surface area contributed by atoms with Crippen LogP contribution < -0.4 is 26.6 Å². The van der Waals surface area contributed by atoms with Gasteiger partial charge in [-0.05, 0) is 37.0 Å². The van der Waals surface area contributed by atoms with E-state index in [4.69, 9.17) is 37.7 Å². The fraction of sp³-hybridized carbons (Fsp3) is 0.343. The number of nitrogens with zero attached hydrogens (tertiary/aromatic N) is 5. The molecule has 3 aromatic heterocycles. The van der Waals surface area contributed by atoms with Crippen LogP contribution in [0.15, 0.2) is 52.1 Å². The van der Waals surface area contributed by atoms with Gasteiger partial charge in [0, 0.05) is 55.0 Å². The standard InChI is InChI=1S/C35H33Cl2F2N7O5/c1-45-32-26(34(48)46(2)35(45)49)30(43-31(44-32)29(38)39)41-22-9-5-7-18(28(22)37)17-6-4-8-19(27(17)36)23-14-16-10-11-21(25(16)33(42-23)50-3)40-20-12-13-51-15-24(20)47/h4-9,14,20-21,24,29,40,47H,10-13,15H2,1-3H3,(H,41,43,44)/t20-,21+,24-/m1/s1. The number of aryl methyl sites for hydroxylation is 2. The molecule has 51 heavy (non-hydrogen) atoms. The van der Waals surface area contributed by atoms with Gasteiger partial charge in [-0.25, -0.2) is 28.5 Å². The Morgan fingerprint density at radius 3 is 2.45 bits per heavy atom. The Labute approximate surface area is 300 Å². The molecule has 2 aromatic carbocycles. The number of aromatic nitrogens is 5. The van der Waals surface area contributed by atoms with Crippen LogP contribution in [-0.2, 0) is 25.3 Å². The number of methoxy groups -OCH3 is 1. The molecule has 1 aliphatic heterocycles. The Morgan fingerprint density at radius 2 is 1.73 bits per heavy atom. The third-order valence-corrected chi connectivity index (χ3v) is 10.2. The van der Waals surface area contributed by atoms with Crippen LogP contribution in [0.2, 0.25) is 10.0 Å². The number of rotatable bonds is 8. The van der Waals surface area contributed by atoms with Gasteiger partial charge in [-0.1, -0.05) is 53.5 Å². The zero-order valence-corrected chi connectivity index (χ0v) is 29.2. The SMILES string of the molecule is COc1nc(-c2cccc(-c3cccc(Nc4nc(C(F)F)nc5c4c(=O)n(C)c(=O)n5C)c3Cl)c2Cl)cc2c1[C@@H](N[C@@H]1CCOC[C@H]1O)CC2. The maximum atomic E-state index is 13.9. The summed E-state index contributed by atoms with van der Waals surface area (Å²) in [6.45, 7) is 0.877. The number of hydrogen-bond acceptors (Lipinski definition) is 10. The number of aliphatic hydroxyl groups is 1. The van der Waals surface area contributed by atoms with Gasteiger partial charge >= 0.3 is 5.69 Å². The molecular weight excluding hydrogens is 707 g/mol. The number of benzene rings is 2. The highest BCUT2D eigenvalue weighted by atomic mass is 35.5. The smallest absolute Gasteiger partial charge is 0.332 e. The maximum absolute atomic E-state index is 13.9. The minimum absolute atomic E-state index is 0.0426. The largest absolute Gasteiger partial charge is 0.481 e. The summed E-state index contributed by atoms with van der Waals surface area (Å²) in [5.41, 5.74) is 2.83. The topological polar surface area (TPSA) is 145 Å². The van der Waals surface area contributed by atoms with Gasteiger partial charge in [0.05, 0.1) is 41.2 Å². The molecule has 7 rings (SSSR count). The second-order valence-corrected chi connectivity index (χ2v) is 13.2. The van der Waals surface area contributed by atoms with Crippen molar-refractivity contribution in [1.29, 1.82) is 0 Å². The number of halogens is 4. The number of alkyl halides is 2. The highest BCUT2D eigenvalue weighted by Gasteiger charge is 2.33. The Morgan fingerprint density at radius 1 is 1.00 bits per heavy atom. The number of anilines is 2. The summed E-state index contributed by atoms with van der Waals surface area (Å²) in [5.74, 6) is -0.635. The van der Waals surface area contributed by atoms with Gasteiger partial charge in [-0.3, -0.25) is 13.9 Å². The van der Waals surface area contributed by atoms with Crippen LogP contribution in [0.5, 0.6) is 5.88 Å². The molecule has 0 amide bonds. The number of pyridine rings is 1. The number of nitrogens with one attached hydrogen (secondary N) is 2. The minimum Gasteiger partial charge on any atom is -0.481 e. The van der Waals surface area contributed by atoms with Crippen molar-refractivity contribution in [2.24, 2.45) is 14.1 Å². The summed E-state index contributed by atoms with van der Waals surface area (Å²) in [4.78, 5) is 38.3. The first-order valence-corrected chi connectivity index (χ1v) is 16.9. The molecule has 4 heterocycles. The lowest BCUT2D eigenvalue weighted by Gasteiger charge is -2.31. The Kier molecular flexibility index (Phi) is 9.54. The molecule has 1 fully saturated rings. The third-order valence-electron chi connectivity index (χ3n) is 9.42. The molecule has 0 saturated carbocycles. The van der Waals surface area contributed by atoms with Crippen molar-refractivity contribution >= 4 is 45.7 Å². The van der Waals surface area contributed by atoms with E-state index in [1.807, 2.05) is 18.2 Å². The Hall–Kier alpha value is -4.47. The fourth-order valence-electron chi connectivity index (χ4n) is 6.81. The van der Waals surface area contributed by atoms with Gasteiger partial charge in [-0.15, -0.1) is 0 Å². The summed E-state index contributed by atoms with van der Waals surface area (Å²) in [7, 11) is 4.18.